The Balaban J connectivity index is 2.75. The van der Waals surface area contributed by atoms with Gasteiger partial charge >= 0.3 is 0 Å². The predicted molar refractivity (Wildman–Crippen MR) is 67.8 cm³/mol. The van der Waals surface area contributed by atoms with Gasteiger partial charge in [0.05, 0.1) is 0 Å². The Morgan fingerprint density at radius 2 is 2.00 bits per heavy atom. The van der Waals surface area contributed by atoms with Gasteiger partial charge in [0, 0.05) is 20.1 Å². The molecule has 1 aromatic carbocycles. The van der Waals surface area contributed by atoms with E-state index in [1.165, 1.54) is 4.90 Å². The van der Waals surface area contributed by atoms with E-state index in [0.717, 1.165) is 5.56 Å². The second-order valence-corrected chi connectivity index (χ2v) is 4.35. The van der Waals surface area contributed by atoms with Crippen molar-refractivity contribution in [3.8, 4) is 5.75 Å². The third-order valence-electron chi connectivity index (χ3n) is 2.49. The third-order valence-corrected chi connectivity index (χ3v) is 2.49. The topological polar surface area (TPSA) is 55.6 Å². The summed E-state index contributed by atoms with van der Waals surface area (Å²) in [6.45, 7) is 3.65. The van der Waals surface area contributed by atoms with Gasteiger partial charge in [0.15, 0.2) is 6.10 Å². The molecule has 2 N–H and O–H groups in total. The Bertz CT molecular complexity index is 389. The summed E-state index contributed by atoms with van der Waals surface area (Å²) < 4.78 is 5.58. The summed E-state index contributed by atoms with van der Waals surface area (Å²) in [6, 6.07) is 7.46. The lowest BCUT2D eigenvalue weighted by atomic mass is 10.1. The van der Waals surface area contributed by atoms with Gasteiger partial charge in [0.1, 0.15) is 5.75 Å². The van der Waals surface area contributed by atoms with Crippen LogP contribution in [0.2, 0.25) is 0 Å². The lowest BCUT2D eigenvalue weighted by Crippen LogP contribution is -2.35. The van der Waals surface area contributed by atoms with Crippen molar-refractivity contribution in [2.24, 2.45) is 5.73 Å². The molecule has 2 atom stereocenters. The van der Waals surface area contributed by atoms with Gasteiger partial charge in [-0.1, -0.05) is 12.1 Å². The van der Waals surface area contributed by atoms with E-state index >= 15 is 0 Å². The molecule has 0 aromatic heterocycles. The number of benzene rings is 1. The van der Waals surface area contributed by atoms with Crippen molar-refractivity contribution in [3.05, 3.63) is 29.8 Å². The van der Waals surface area contributed by atoms with Gasteiger partial charge in [0.2, 0.25) is 0 Å². The summed E-state index contributed by atoms with van der Waals surface area (Å²) in [5.41, 5.74) is 6.78. The van der Waals surface area contributed by atoms with Gasteiger partial charge in [-0.2, -0.15) is 0 Å². The Morgan fingerprint density at radius 1 is 1.35 bits per heavy atom. The molecule has 0 heterocycles. The fraction of sp³-hybridized carbons (Fsp3) is 0.462. The van der Waals surface area contributed by atoms with Crippen LogP contribution in [0.4, 0.5) is 0 Å². The summed E-state index contributed by atoms with van der Waals surface area (Å²) >= 11 is 0. The quantitative estimate of drug-likeness (QED) is 0.863. The number of amides is 1. The number of ether oxygens (including phenoxy) is 1. The Labute approximate surface area is 102 Å². The van der Waals surface area contributed by atoms with E-state index in [0.29, 0.717) is 5.75 Å². The van der Waals surface area contributed by atoms with Crippen LogP contribution in [0.1, 0.15) is 25.5 Å². The van der Waals surface area contributed by atoms with Gasteiger partial charge < -0.3 is 15.4 Å². The molecule has 0 aliphatic heterocycles. The highest BCUT2D eigenvalue weighted by atomic mass is 16.5. The SMILES string of the molecule is CC(Oc1cccc([C@H](C)N)c1)C(=O)N(C)C. The number of carbonyl (C=O) groups excluding carboxylic acids is 1. The van der Waals surface area contributed by atoms with E-state index in [2.05, 4.69) is 0 Å². The largest absolute Gasteiger partial charge is 0.481 e. The maximum atomic E-state index is 11.6. The van der Waals surface area contributed by atoms with Crippen molar-refractivity contribution in [3.63, 3.8) is 0 Å². The highest BCUT2D eigenvalue weighted by Crippen LogP contribution is 2.18. The van der Waals surface area contributed by atoms with Crippen molar-refractivity contribution in [1.82, 2.24) is 4.90 Å². The molecule has 0 saturated carbocycles. The molecule has 0 spiro atoms. The highest BCUT2D eigenvalue weighted by Gasteiger charge is 2.16. The predicted octanol–water partition coefficient (Wildman–Crippen LogP) is 1.56. The minimum absolute atomic E-state index is 0.0431. The molecule has 0 bridgehead atoms. The summed E-state index contributed by atoms with van der Waals surface area (Å²) in [4.78, 5) is 13.2. The molecule has 1 unspecified atom stereocenters. The van der Waals surface area contributed by atoms with Crippen LogP contribution in [-0.4, -0.2) is 31.0 Å². The Morgan fingerprint density at radius 3 is 2.53 bits per heavy atom. The van der Waals surface area contributed by atoms with E-state index in [1.54, 1.807) is 21.0 Å². The number of rotatable bonds is 4. The second-order valence-electron chi connectivity index (χ2n) is 4.35. The number of likely N-dealkylation sites (N-methyl/N-ethyl adjacent to an activating group) is 1. The fourth-order valence-electron chi connectivity index (χ4n) is 1.49. The Kier molecular flexibility index (Phi) is 4.52. The molecule has 1 aromatic rings. The molecule has 0 saturated heterocycles. The van der Waals surface area contributed by atoms with Gasteiger partial charge in [-0.05, 0) is 31.5 Å². The van der Waals surface area contributed by atoms with Crippen LogP contribution >= 0.6 is 0 Å². The van der Waals surface area contributed by atoms with Crippen LogP contribution in [0.5, 0.6) is 5.75 Å². The number of hydrogen-bond donors (Lipinski definition) is 1. The summed E-state index contributed by atoms with van der Waals surface area (Å²) in [7, 11) is 3.42. The number of hydrogen-bond acceptors (Lipinski definition) is 3. The first-order valence-electron chi connectivity index (χ1n) is 5.65. The molecule has 0 aliphatic rings. The number of nitrogens with zero attached hydrogens (tertiary/aromatic N) is 1. The molecule has 0 fully saturated rings. The van der Waals surface area contributed by atoms with Crippen molar-refractivity contribution in [1.29, 1.82) is 0 Å². The first kappa shape index (κ1) is 13.5. The van der Waals surface area contributed by atoms with Crippen LogP contribution in [0, 0.1) is 0 Å². The smallest absolute Gasteiger partial charge is 0.262 e. The monoisotopic (exact) mass is 236 g/mol. The zero-order chi connectivity index (χ0) is 13.0. The molecule has 17 heavy (non-hydrogen) atoms. The van der Waals surface area contributed by atoms with Crippen LogP contribution in [0.3, 0.4) is 0 Å². The van der Waals surface area contributed by atoms with Crippen molar-refractivity contribution < 1.29 is 9.53 Å². The summed E-state index contributed by atoms with van der Waals surface area (Å²) in [6.07, 6.45) is -0.492. The Hall–Kier alpha value is -1.55. The number of nitrogens with two attached hydrogens (primary N) is 1. The van der Waals surface area contributed by atoms with Gasteiger partial charge in [-0.25, -0.2) is 0 Å². The molecular formula is C13H20N2O2. The number of carbonyl (C=O) groups is 1. The van der Waals surface area contributed by atoms with Crippen LogP contribution in [0.15, 0.2) is 24.3 Å². The maximum absolute atomic E-state index is 11.6. The molecule has 1 rings (SSSR count). The van der Waals surface area contributed by atoms with Crippen molar-refractivity contribution in [2.75, 3.05) is 14.1 Å². The lowest BCUT2D eigenvalue weighted by Gasteiger charge is -2.19. The van der Waals surface area contributed by atoms with E-state index in [4.69, 9.17) is 10.5 Å². The zero-order valence-electron chi connectivity index (χ0n) is 10.8. The minimum atomic E-state index is -0.492. The summed E-state index contributed by atoms with van der Waals surface area (Å²) in [5, 5.41) is 0. The molecule has 94 valence electrons. The van der Waals surface area contributed by atoms with Gasteiger partial charge in [-0.3, -0.25) is 4.79 Å². The van der Waals surface area contributed by atoms with Crippen molar-refractivity contribution in [2.45, 2.75) is 26.0 Å². The highest BCUT2D eigenvalue weighted by molar-refractivity contribution is 5.80. The first-order chi connectivity index (χ1) is 7.91. The molecule has 4 heteroatoms. The normalized spacial score (nSPS) is 13.9. The van der Waals surface area contributed by atoms with E-state index in [-0.39, 0.29) is 11.9 Å². The zero-order valence-corrected chi connectivity index (χ0v) is 10.8. The molecule has 1 amide bonds. The lowest BCUT2D eigenvalue weighted by molar-refractivity contribution is -0.135. The average molecular weight is 236 g/mol. The first-order valence-corrected chi connectivity index (χ1v) is 5.65. The van der Waals surface area contributed by atoms with E-state index < -0.39 is 6.10 Å². The molecular weight excluding hydrogens is 216 g/mol. The van der Waals surface area contributed by atoms with Gasteiger partial charge in [0.25, 0.3) is 5.91 Å². The minimum Gasteiger partial charge on any atom is -0.481 e. The maximum Gasteiger partial charge on any atom is 0.262 e. The summed E-state index contributed by atoms with van der Waals surface area (Å²) in [5.74, 6) is 0.610. The molecule has 0 aliphatic carbocycles. The van der Waals surface area contributed by atoms with Gasteiger partial charge in [-0.15, -0.1) is 0 Å². The van der Waals surface area contributed by atoms with Crippen LogP contribution in [0.25, 0.3) is 0 Å². The van der Waals surface area contributed by atoms with Crippen LogP contribution in [-0.2, 0) is 4.79 Å². The third kappa shape index (κ3) is 3.75. The van der Waals surface area contributed by atoms with E-state index in [1.807, 2.05) is 31.2 Å². The molecule has 4 nitrogen and oxygen atoms in total. The second kappa shape index (κ2) is 5.68. The molecule has 0 radical (unpaired) electrons. The van der Waals surface area contributed by atoms with Crippen LogP contribution < -0.4 is 10.5 Å². The van der Waals surface area contributed by atoms with E-state index in [9.17, 15) is 4.79 Å². The fourth-order valence-corrected chi connectivity index (χ4v) is 1.49. The average Bonchev–Trinajstić information content (AvgIpc) is 2.28. The standard InChI is InChI=1S/C13H20N2O2/c1-9(14)11-6-5-7-12(8-11)17-10(2)13(16)15(3)4/h5-10H,14H2,1-4H3/t9-,10?/m0/s1. The van der Waals surface area contributed by atoms with Crippen molar-refractivity contribution >= 4 is 5.91 Å².